The van der Waals surface area contributed by atoms with E-state index in [9.17, 15) is 13.2 Å². The van der Waals surface area contributed by atoms with Gasteiger partial charge in [0.1, 0.15) is 5.69 Å². The van der Waals surface area contributed by atoms with Gasteiger partial charge in [-0.3, -0.25) is 9.36 Å². The van der Waals surface area contributed by atoms with E-state index in [1.54, 1.807) is 30.4 Å². The molecule has 6 heteroatoms. The van der Waals surface area contributed by atoms with E-state index < -0.39 is 11.9 Å². The summed E-state index contributed by atoms with van der Waals surface area (Å²) < 4.78 is 40.5. The molecule has 0 N–H and O–H groups in total. The molecule has 0 aromatic heterocycles. The Morgan fingerprint density at radius 3 is 2.27 bits per heavy atom. The summed E-state index contributed by atoms with van der Waals surface area (Å²) in [7, 11) is 3.47. The van der Waals surface area contributed by atoms with Crippen LogP contribution < -0.4 is 0 Å². The second-order valence-electron chi connectivity index (χ2n) is 3.51. The number of hydrogen-bond donors (Lipinski definition) is 0. The van der Waals surface area contributed by atoms with Gasteiger partial charge in [-0.15, -0.1) is 0 Å². The van der Waals surface area contributed by atoms with Crippen molar-refractivity contribution in [1.82, 2.24) is 14.3 Å². The van der Waals surface area contributed by atoms with Gasteiger partial charge in [0.25, 0.3) is 0 Å². The largest absolute Gasteiger partial charge is 0.433 e. The zero-order chi connectivity index (χ0) is 11.4. The highest BCUT2D eigenvalue weighted by atomic mass is 19.4. The highest BCUT2D eigenvalue weighted by Crippen LogP contribution is 2.35. The van der Waals surface area contributed by atoms with Crippen molar-refractivity contribution in [3.05, 3.63) is 17.5 Å². The maximum absolute atomic E-state index is 12.4. The Bertz CT molecular complexity index is 443. The van der Waals surface area contributed by atoms with Gasteiger partial charge in [0, 0.05) is 25.4 Å². The normalized spacial score (nSPS) is 12.7. The Balaban J connectivity index is 2.68. The fourth-order valence-electron chi connectivity index (χ4n) is 1.61. The van der Waals surface area contributed by atoms with Crippen LogP contribution in [0.15, 0.2) is 6.07 Å². The van der Waals surface area contributed by atoms with Crippen molar-refractivity contribution in [1.29, 1.82) is 0 Å². The standard InChI is InChI=1S/C9H10F3N3/c1-5-6-4-7(9(10,11)12)13-8(6)15(3)14(5)2/h4H,1-3H3. The molecule has 0 saturated heterocycles. The molecule has 0 amide bonds. The quantitative estimate of drug-likeness (QED) is 0.663. The summed E-state index contributed by atoms with van der Waals surface area (Å²) in [5, 5.41) is 0. The maximum atomic E-state index is 12.4. The molecule has 2 aliphatic heterocycles. The van der Waals surface area contributed by atoms with Crippen LogP contribution >= 0.6 is 0 Å². The third-order valence-electron chi connectivity index (χ3n) is 2.67. The van der Waals surface area contributed by atoms with E-state index in [4.69, 9.17) is 0 Å². The van der Waals surface area contributed by atoms with Crippen molar-refractivity contribution in [2.24, 2.45) is 14.1 Å². The zero-order valence-electron chi connectivity index (χ0n) is 8.55. The molecular weight excluding hydrogens is 207 g/mol. The lowest BCUT2D eigenvalue weighted by Crippen LogP contribution is -2.08. The predicted molar refractivity (Wildman–Crippen MR) is 48.5 cm³/mol. The Hall–Kier alpha value is -1.46. The predicted octanol–water partition coefficient (Wildman–Crippen LogP) is 2.19. The Kier molecular flexibility index (Phi) is 1.86. The molecule has 0 unspecified atom stereocenters. The molecule has 82 valence electrons. The van der Waals surface area contributed by atoms with Crippen LogP contribution in [-0.4, -0.2) is 14.3 Å². The van der Waals surface area contributed by atoms with E-state index in [0.717, 1.165) is 11.8 Å². The summed E-state index contributed by atoms with van der Waals surface area (Å²) in [6.45, 7) is 1.77. The number of alkyl halides is 3. The molecule has 0 radical (unpaired) electrons. The van der Waals surface area contributed by atoms with Crippen molar-refractivity contribution in [2.45, 2.75) is 13.1 Å². The molecule has 0 fully saturated rings. The lowest BCUT2D eigenvalue weighted by Gasteiger charge is -2.03. The molecule has 15 heavy (non-hydrogen) atoms. The summed E-state index contributed by atoms with van der Waals surface area (Å²) in [6.07, 6.45) is -4.37. The van der Waals surface area contributed by atoms with Gasteiger partial charge in [-0.2, -0.15) is 13.2 Å². The van der Waals surface area contributed by atoms with Gasteiger partial charge in [0.05, 0.1) is 0 Å². The molecule has 2 aliphatic rings. The molecule has 0 spiro atoms. The van der Waals surface area contributed by atoms with Gasteiger partial charge in [0.2, 0.25) is 0 Å². The van der Waals surface area contributed by atoms with Crippen LogP contribution in [0.3, 0.4) is 0 Å². The van der Waals surface area contributed by atoms with Crippen molar-refractivity contribution in [3.63, 3.8) is 0 Å². The van der Waals surface area contributed by atoms with Gasteiger partial charge >= 0.3 is 6.18 Å². The lowest BCUT2D eigenvalue weighted by atomic mass is 10.2. The van der Waals surface area contributed by atoms with E-state index >= 15 is 0 Å². The third-order valence-corrected chi connectivity index (χ3v) is 2.67. The number of halogens is 3. The molecule has 2 heterocycles. The van der Waals surface area contributed by atoms with Crippen LogP contribution in [0.25, 0.3) is 11.4 Å². The van der Waals surface area contributed by atoms with Crippen LogP contribution in [0, 0.1) is 6.92 Å². The second kappa shape index (κ2) is 2.77. The van der Waals surface area contributed by atoms with Crippen molar-refractivity contribution >= 4 is 0 Å². The molecule has 0 aliphatic carbocycles. The molecule has 2 rings (SSSR count). The minimum Gasteiger partial charge on any atom is -0.291 e. The molecule has 0 aromatic carbocycles. The number of hydrogen-bond acceptors (Lipinski definition) is 1. The highest BCUT2D eigenvalue weighted by molar-refractivity contribution is 5.63. The minimum atomic E-state index is -4.37. The molecule has 0 atom stereocenters. The summed E-state index contributed by atoms with van der Waals surface area (Å²) in [5.74, 6) is 0.363. The summed E-state index contributed by atoms with van der Waals surface area (Å²) in [4.78, 5) is 3.58. The number of fused-ring (bicyclic) bond motifs is 1. The van der Waals surface area contributed by atoms with E-state index in [1.165, 1.54) is 0 Å². The van der Waals surface area contributed by atoms with Crippen LogP contribution in [-0.2, 0) is 20.3 Å². The van der Waals surface area contributed by atoms with Crippen LogP contribution in [0.4, 0.5) is 13.2 Å². The first kappa shape index (κ1) is 10.1. The van der Waals surface area contributed by atoms with Crippen molar-refractivity contribution in [2.75, 3.05) is 0 Å². The molecule has 3 nitrogen and oxygen atoms in total. The van der Waals surface area contributed by atoms with E-state index in [2.05, 4.69) is 4.98 Å². The topological polar surface area (TPSA) is 22.8 Å². The Morgan fingerprint density at radius 1 is 1.20 bits per heavy atom. The van der Waals surface area contributed by atoms with Gasteiger partial charge in [-0.1, -0.05) is 0 Å². The Labute approximate surface area is 84.5 Å². The zero-order valence-corrected chi connectivity index (χ0v) is 8.55. The number of nitrogens with zero attached hydrogens (tertiary/aromatic N) is 3. The minimum absolute atomic E-state index is 0.363. The van der Waals surface area contributed by atoms with Crippen molar-refractivity contribution in [3.8, 4) is 11.4 Å². The van der Waals surface area contributed by atoms with Gasteiger partial charge in [-0.05, 0) is 13.0 Å². The highest BCUT2D eigenvalue weighted by Gasteiger charge is 2.36. The third kappa shape index (κ3) is 1.32. The van der Waals surface area contributed by atoms with Gasteiger partial charge in [0.15, 0.2) is 5.82 Å². The lowest BCUT2D eigenvalue weighted by molar-refractivity contribution is -0.140. The first-order valence-corrected chi connectivity index (χ1v) is 4.38. The Morgan fingerprint density at radius 2 is 1.80 bits per heavy atom. The van der Waals surface area contributed by atoms with E-state index in [0.29, 0.717) is 11.4 Å². The summed E-state index contributed by atoms with van der Waals surface area (Å²) in [6, 6.07) is 1.09. The maximum Gasteiger partial charge on any atom is 0.433 e. The first-order chi connectivity index (χ1) is 6.82. The van der Waals surface area contributed by atoms with Crippen LogP contribution in [0.5, 0.6) is 0 Å². The number of rotatable bonds is 0. The van der Waals surface area contributed by atoms with E-state index in [1.807, 2.05) is 0 Å². The fraction of sp³-hybridized carbons (Fsp3) is 0.444. The average Bonchev–Trinajstić information content (AvgIpc) is 2.63. The van der Waals surface area contributed by atoms with Crippen LogP contribution in [0.1, 0.15) is 11.4 Å². The average molecular weight is 217 g/mol. The van der Waals surface area contributed by atoms with Crippen LogP contribution in [0.2, 0.25) is 0 Å². The molecule has 0 bridgehead atoms. The summed E-state index contributed by atoms with van der Waals surface area (Å²) >= 11 is 0. The molecule has 0 saturated carbocycles. The van der Waals surface area contributed by atoms with Gasteiger partial charge in [-0.25, -0.2) is 4.98 Å². The fourth-order valence-corrected chi connectivity index (χ4v) is 1.61. The van der Waals surface area contributed by atoms with Crippen molar-refractivity contribution < 1.29 is 13.2 Å². The SMILES string of the molecule is Cc1c2cc(C(F)(F)F)nc-2n(C)n1C. The summed E-state index contributed by atoms with van der Waals surface area (Å²) in [5.41, 5.74) is 0.495. The second-order valence-corrected chi connectivity index (χ2v) is 3.51. The molecule has 0 aromatic rings. The smallest absolute Gasteiger partial charge is 0.291 e. The van der Waals surface area contributed by atoms with Gasteiger partial charge < -0.3 is 0 Å². The molecular formula is C9H10F3N3. The number of aromatic nitrogens is 3. The monoisotopic (exact) mass is 217 g/mol. The first-order valence-electron chi connectivity index (χ1n) is 4.38. The van der Waals surface area contributed by atoms with E-state index in [-0.39, 0.29) is 0 Å².